The van der Waals surface area contributed by atoms with Crippen molar-refractivity contribution in [3.05, 3.63) is 58.1 Å². The topological polar surface area (TPSA) is 41.1 Å². The molecule has 22 heavy (non-hydrogen) atoms. The Hall–Kier alpha value is -1.81. The normalized spacial score (nSPS) is 14.3. The maximum atomic E-state index is 12.3. The molecular weight excluding hydrogens is 340 g/mol. The lowest BCUT2D eigenvalue weighted by atomic mass is 10.1. The number of carbonyl (C=O) groups excluding carboxylic acids is 1. The molecule has 0 aromatic heterocycles. The Morgan fingerprint density at radius 1 is 1.05 bits per heavy atom. The van der Waals surface area contributed by atoms with Gasteiger partial charge in [0.15, 0.2) is 0 Å². The zero-order valence-electron chi connectivity index (χ0n) is 12.5. The Morgan fingerprint density at radius 2 is 1.73 bits per heavy atom. The van der Waals surface area contributed by atoms with Crippen molar-refractivity contribution in [1.29, 1.82) is 0 Å². The van der Waals surface area contributed by atoms with Gasteiger partial charge in [-0.1, -0.05) is 22.0 Å². The Kier molecular flexibility index (Phi) is 4.48. The number of amides is 1. The molecule has 2 aromatic carbocycles. The van der Waals surface area contributed by atoms with E-state index in [1.165, 1.54) is 24.0 Å². The van der Waals surface area contributed by atoms with Crippen LogP contribution in [0.2, 0.25) is 0 Å². The highest BCUT2D eigenvalue weighted by atomic mass is 79.9. The number of nitrogens with one attached hydrogen (secondary N) is 2. The average molecular weight is 359 g/mol. The van der Waals surface area contributed by atoms with Crippen molar-refractivity contribution in [3.63, 3.8) is 0 Å². The van der Waals surface area contributed by atoms with Crippen molar-refractivity contribution >= 4 is 33.2 Å². The van der Waals surface area contributed by atoms with Crippen LogP contribution in [0.5, 0.6) is 0 Å². The molecule has 0 bridgehead atoms. The van der Waals surface area contributed by atoms with Crippen molar-refractivity contribution in [2.24, 2.45) is 0 Å². The fourth-order valence-corrected chi connectivity index (χ4v) is 3.03. The fourth-order valence-electron chi connectivity index (χ4n) is 2.76. The molecule has 1 atom stereocenters. The van der Waals surface area contributed by atoms with Gasteiger partial charge < -0.3 is 10.6 Å². The molecule has 0 spiro atoms. The zero-order chi connectivity index (χ0) is 15.5. The monoisotopic (exact) mass is 358 g/mol. The minimum Gasteiger partial charge on any atom is -0.374 e. The van der Waals surface area contributed by atoms with Gasteiger partial charge in [0.25, 0.3) is 0 Å². The molecule has 0 fully saturated rings. The summed E-state index contributed by atoms with van der Waals surface area (Å²) < 4.78 is 0.995. The van der Waals surface area contributed by atoms with Crippen molar-refractivity contribution in [3.8, 4) is 0 Å². The summed E-state index contributed by atoms with van der Waals surface area (Å²) in [5.74, 6) is -0.0391. The minimum atomic E-state index is -0.289. The highest BCUT2D eigenvalue weighted by Crippen LogP contribution is 2.25. The maximum absolute atomic E-state index is 12.3. The van der Waals surface area contributed by atoms with Crippen LogP contribution in [-0.2, 0) is 17.6 Å². The second kappa shape index (κ2) is 6.53. The van der Waals surface area contributed by atoms with Crippen LogP contribution in [-0.4, -0.2) is 11.9 Å². The van der Waals surface area contributed by atoms with Crippen molar-refractivity contribution in [2.75, 3.05) is 10.6 Å². The second-order valence-corrected chi connectivity index (χ2v) is 6.61. The summed E-state index contributed by atoms with van der Waals surface area (Å²) in [6, 6.07) is 13.7. The summed E-state index contributed by atoms with van der Waals surface area (Å²) in [4.78, 5) is 12.3. The van der Waals surface area contributed by atoms with E-state index in [0.717, 1.165) is 22.3 Å². The predicted octanol–water partition coefficient (Wildman–Crippen LogP) is 4.38. The van der Waals surface area contributed by atoms with Gasteiger partial charge in [-0.05, 0) is 73.7 Å². The maximum Gasteiger partial charge on any atom is 0.246 e. The zero-order valence-corrected chi connectivity index (χ0v) is 14.1. The van der Waals surface area contributed by atoms with E-state index in [0.29, 0.717) is 0 Å². The average Bonchev–Trinajstić information content (AvgIpc) is 2.97. The lowest BCUT2D eigenvalue weighted by Crippen LogP contribution is -2.31. The molecule has 0 heterocycles. The Labute approximate surface area is 139 Å². The quantitative estimate of drug-likeness (QED) is 0.851. The first-order valence-electron chi connectivity index (χ1n) is 7.56. The number of aryl methyl sites for hydroxylation is 2. The third-order valence-corrected chi connectivity index (χ3v) is 4.52. The van der Waals surface area contributed by atoms with E-state index in [9.17, 15) is 4.79 Å². The summed E-state index contributed by atoms with van der Waals surface area (Å²) in [5, 5.41) is 6.20. The highest BCUT2D eigenvalue weighted by molar-refractivity contribution is 9.10. The van der Waals surface area contributed by atoms with Gasteiger partial charge in [-0.25, -0.2) is 0 Å². The molecule has 1 aliphatic rings. The summed E-state index contributed by atoms with van der Waals surface area (Å²) in [6.45, 7) is 1.88. The van der Waals surface area contributed by atoms with Crippen LogP contribution in [0.15, 0.2) is 46.9 Å². The summed E-state index contributed by atoms with van der Waals surface area (Å²) in [7, 11) is 0. The van der Waals surface area contributed by atoms with Crippen LogP contribution in [0.25, 0.3) is 0 Å². The molecule has 3 nitrogen and oxygen atoms in total. The molecule has 0 unspecified atom stereocenters. The summed E-state index contributed by atoms with van der Waals surface area (Å²) in [6.07, 6.45) is 3.55. The number of rotatable bonds is 4. The molecule has 4 heteroatoms. The van der Waals surface area contributed by atoms with Gasteiger partial charge in [-0.2, -0.15) is 0 Å². The van der Waals surface area contributed by atoms with E-state index in [-0.39, 0.29) is 11.9 Å². The van der Waals surface area contributed by atoms with E-state index in [2.05, 4.69) is 44.8 Å². The van der Waals surface area contributed by atoms with Gasteiger partial charge in [-0.15, -0.1) is 0 Å². The number of anilines is 2. The largest absolute Gasteiger partial charge is 0.374 e. The van der Waals surface area contributed by atoms with Crippen molar-refractivity contribution < 1.29 is 4.79 Å². The molecule has 0 saturated heterocycles. The molecular formula is C18H19BrN2O. The summed E-state index contributed by atoms with van der Waals surface area (Å²) in [5.41, 5.74) is 4.66. The van der Waals surface area contributed by atoms with Crippen molar-refractivity contribution in [1.82, 2.24) is 0 Å². The fraction of sp³-hybridized carbons (Fsp3) is 0.278. The number of carbonyl (C=O) groups is 1. The lowest BCUT2D eigenvalue weighted by molar-refractivity contribution is -0.116. The van der Waals surface area contributed by atoms with Gasteiger partial charge in [0.2, 0.25) is 5.91 Å². The number of fused-ring (bicyclic) bond motifs is 1. The molecule has 0 aliphatic heterocycles. The lowest BCUT2D eigenvalue weighted by Gasteiger charge is -2.16. The third-order valence-electron chi connectivity index (χ3n) is 3.99. The number of hydrogen-bond donors (Lipinski definition) is 2. The van der Waals surface area contributed by atoms with E-state index in [1.54, 1.807) is 0 Å². The second-order valence-electron chi connectivity index (χ2n) is 5.70. The molecule has 2 aromatic rings. The standard InChI is InChI=1S/C18H19BrN2O/c1-12(18(22)21-16-9-6-15(19)7-10-16)20-17-8-5-13-3-2-4-14(13)11-17/h5-12,20H,2-4H2,1H3,(H,21,22)/t12-/m0/s1. The van der Waals surface area contributed by atoms with E-state index in [1.807, 2.05) is 31.2 Å². The Balaban J connectivity index is 1.62. The Morgan fingerprint density at radius 3 is 2.50 bits per heavy atom. The molecule has 2 N–H and O–H groups in total. The third kappa shape index (κ3) is 3.50. The SMILES string of the molecule is C[C@H](Nc1ccc2c(c1)CCC2)C(=O)Nc1ccc(Br)cc1. The number of halogens is 1. The number of benzene rings is 2. The van der Waals surface area contributed by atoms with Crippen LogP contribution in [0.3, 0.4) is 0 Å². The van der Waals surface area contributed by atoms with E-state index in [4.69, 9.17) is 0 Å². The molecule has 3 rings (SSSR count). The van der Waals surface area contributed by atoms with Crippen LogP contribution < -0.4 is 10.6 Å². The summed E-state index contributed by atoms with van der Waals surface area (Å²) >= 11 is 3.38. The first-order valence-corrected chi connectivity index (χ1v) is 8.36. The number of hydrogen-bond acceptors (Lipinski definition) is 2. The minimum absolute atomic E-state index is 0.0391. The van der Waals surface area contributed by atoms with Crippen LogP contribution >= 0.6 is 15.9 Å². The first-order chi connectivity index (χ1) is 10.6. The van der Waals surface area contributed by atoms with E-state index >= 15 is 0 Å². The van der Waals surface area contributed by atoms with Gasteiger partial charge >= 0.3 is 0 Å². The van der Waals surface area contributed by atoms with Crippen LogP contribution in [0.4, 0.5) is 11.4 Å². The Bertz CT molecular complexity index is 682. The van der Waals surface area contributed by atoms with Gasteiger partial charge in [0, 0.05) is 15.8 Å². The van der Waals surface area contributed by atoms with Crippen molar-refractivity contribution in [2.45, 2.75) is 32.2 Å². The molecule has 1 aliphatic carbocycles. The molecule has 0 radical (unpaired) electrons. The smallest absolute Gasteiger partial charge is 0.246 e. The molecule has 114 valence electrons. The molecule has 0 saturated carbocycles. The first kappa shape index (κ1) is 15.1. The van der Waals surface area contributed by atoms with Gasteiger partial charge in [0.1, 0.15) is 6.04 Å². The predicted molar refractivity (Wildman–Crippen MR) is 94.3 cm³/mol. The molecule has 1 amide bonds. The van der Waals surface area contributed by atoms with E-state index < -0.39 is 0 Å². The van der Waals surface area contributed by atoms with Crippen LogP contribution in [0, 0.1) is 0 Å². The highest BCUT2D eigenvalue weighted by Gasteiger charge is 2.15. The van der Waals surface area contributed by atoms with Gasteiger partial charge in [-0.3, -0.25) is 4.79 Å². The van der Waals surface area contributed by atoms with Crippen LogP contribution in [0.1, 0.15) is 24.5 Å². The van der Waals surface area contributed by atoms with Gasteiger partial charge in [0.05, 0.1) is 0 Å².